The van der Waals surface area contributed by atoms with E-state index in [1.165, 1.54) is 42.5 Å². The fourth-order valence-corrected chi connectivity index (χ4v) is 5.54. The maximum atomic E-state index is 13.7. The van der Waals surface area contributed by atoms with E-state index in [2.05, 4.69) is 10.3 Å². The molecule has 0 radical (unpaired) electrons. The van der Waals surface area contributed by atoms with Gasteiger partial charge in [0.2, 0.25) is 5.75 Å². The van der Waals surface area contributed by atoms with E-state index in [4.69, 9.17) is 13.1 Å². The fourth-order valence-electron chi connectivity index (χ4n) is 4.02. The summed E-state index contributed by atoms with van der Waals surface area (Å²) in [7, 11) is -8.67. The van der Waals surface area contributed by atoms with Crippen molar-refractivity contribution in [2.45, 2.75) is 37.4 Å². The molecule has 0 bridgehead atoms. The molecule has 1 aromatic heterocycles. The van der Waals surface area contributed by atoms with Gasteiger partial charge in [0.05, 0.1) is 25.5 Å². The summed E-state index contributed by atoms with van der Waals surface area (Å²) in [5.74, 6) is -2.61. The van der Waals surface area contributed by atoms with Crippen LogP contribution in [0.4, 0.5) is 4.39 Å². The third kappa shape index (κ3) is 6.55. The van der Waals surface area contributed by atoms with Crippen LogP contribution in [-0.2, 0) is 35.7 Å². The van der Waals surface area contributed by atoms with E-state index in [1.807, 2.05) is 0 Å². The second-order valence-corrected chi connectivity index (χ2v) is 12.3. The number of carbonyl (C=O) groups is 1. The Labute approximate surface area is 230 Å². The first-order chi connectivity index (χ1) is 18.8. The number of hydrogen-bond donors (Lipinski definition) is 1. The van der Waals surface area contributed by atoms with Crippen molar-refractivity contribution in [3.63, 3.8) is 0 Å². The van der Waals surface area contributed by atoms with E-state index in [9.17, 15) is 30.8 Å². The van der Waals surface area contributed by atoms with E-state index < -0.39 is 61.1 Å². The van der Waals surface area contributed by atoms with Crippen molar-refractivity contribution in [1.82, 2.24) is 14.9 Å². The largest absolute Gasteiger partial charge is 0.376 e. The van der Waals surface area contributed by atoms with Gasteiger partial charge in [0.25, 0.3) is 21.6 Å². The Kier molecular flexibility index (Phi) is 8.39. The maximum Gasteiger partial charge on any atom is 0.339 e. The van der Waals surface area contributed by atoms with E-state index in [0.717, 1.165) is 10.8 Å². The molecule has 1 N–H and O–H groups in total. The van der Waals surface area contributed by atoms with Crippen LogP contribution in [0.1, 0.15) is 46.5 Å². The lowest BCUT2D eigenvalue weighted by Gasteiger charge is -2.21. The van der Waals surface area contributed by atoms with Gasteiger partial charge in [0.1, 0.15) is 16.5 Å². The maximum absolute atomic E-state index is 13.7. The van der Waals surface area contributed by atoms with Crippen molar-refractivity contribution >= 4 is 26.1 Å². The first-order valence-electron chi connectivity index (χ1n) is 11.9. The van der Waals surface area contributed by atoms with Crippen molar-refractivity contribution in [3.8, 4) is 5.75 Å². The van der Waals surface area contributed by atoms with Crippen molar-refractivity contribution < 1.29 is 39.1 Å². The zero-order valence-electron chi connectivity index (χ0n) is 21.7. The second kappa shape index (κ2) is 11.4. The molecule has 0 aliphatic carbocycles. The Morgan fingerprint density at radius 1 is 1.15 bits per heavy atom. The highest BCUT2D eigenvalue weighted by molar-refractivity contribution is 7.87. The number of nitrogens with zero attached hydrogens (tertiary/aromatic N) is 2. The van der Waals surface area contributed by atoms with E-state index in [0.29, 0.717) is 11.1 Å². The number of hydrogen-bond acceptors (Lipinski definition) is 10. The van der Waals surface area contributed by atoms with E-state index in [-0.39, 0.29) is 30.5 Å². The number of ether oxygens (including phenoxy) is 1. The molecule has 2 aromatic carbocycles. The van der Waals surface area contributed by atoms with Gasteiger partial charge in [0.15, 0.2) is 11.8 Å². The van der Waals surface area contributed by atoms with Crippen molar-refractivity contribution in [3.05, 3.63) is 87.3 Å². The molecule has 0 saturated carbocycles. The zero-order chi connectivity index (χ0) is 29.2. The van der Waals surface area contributed by atoms with Crippen LogP contribution in [0.25, 0.3) is 0 Å². The molecular weight excluding hydrogens is 569 g/mol. The number of carbonyl (C=O) groups excluding carboxylic acids is 1. The molecule has 2 heterocycles. The molecular formula is C25H26FN3O9S2. The van der Waals surface area contributed by atoms with Crippen LogP contribution in [0.3, 0.4) is 0 Å². The Morgan fingerprint density at radius 3 is 2.50 bits per heavy atom. The summed E-state index contributed by atoms with van der Waals surface area (Å²) in [6.45, 7) is 2.58. The molecule has 3 aromatic rings. The van der Waals surface area contributed by atoms with Gasteiger partial charge in [-0.3, -0.25) is 18.3 Å². The van der Waals surface area contributed by atoms with Gasteiger partial charge < -0.3 is 14.2 Å². The second-order valence-electron chi connectivity index (χ2n) is 9.12. The number of nitrogens with one attached hydrogen (secondary N) is 1. The summed E-state index contributed by atoms with van der Waals surface area (Å²) in [6, 6.07) is 10.4. The minimum atomic E-state index is -4.60. The van der Waals surface area contributed by atoms with Gasteiger partial charge in [-0.05, 0) is 43.2 Å². The SMILES string of the molecule is Cc1cc(CNC(=O)c2nc3n(c(=O)c2OS(=O)(=O)c2ccccc2)[C@@H](C)COCC3OS(C)(=O)=O)ccc1F. The Morgan fingerprint density at radius 2 is 1.85 bits per heavy atom. The number of amides is 1. The number of halogens is 1. The van der Waals surface area contributed by atoms with Crippen LogP contribution >= 0.6 is 0 Å². The minimum Gasteiger partial charge on any atom is -0.376 e. The molecule has 2 atom stereocenters. The predicted molar refractivity (Wildman–Crippen MR) is 139 cm³/mol. The molecule has 214 valence electrons. The standard InChI is InChI=1S/C25H26FN3O9S2/c1-15-11-17(9-10-19(15)26)12-27-24(30)21-22(38-40(34,35)18-7-5-4-6-8-18)25(31)29-16(2)13-36-14-20(23(29)28-21)37-39(3,32)33/h4-11,16,20H,12-14H2,1-3H3,(H,27,30)/t16-,20?/m0/s1. The summed E-state index contributed by atoms with van der Waals surface area (Å²) >= 11 is 0. The highest BCUT2D eigenvalue weighted by atomic mass is 32.2. The lowest BCUT2D eigenvalue weighted by molar-refractivity contribution is 0.0546. The normalized spacial score (nSPS) is 17.5. The van der Waals surface area contributed by atoms with E-state index >= 15 is 0 Å². The molecule has 12 nitrogen and oxygen atoms in total. The third-order valence-electron chi connectivity index (χ3n) is 5.86. The minimum absolute atomic E-state index is 0.0709. The Hall–Kier alpha value is -3.66. The zero-order valence-corrected chi connectivity index (χ0v) is 23.3. The highest BCUT2D eigenvalue weighted by Gasteiger charge is 2.35. The summed E-state index contributed by atoms with van der Waals surface area (Å²) in [6.07, 6.45) is -0.620. The Balaban J connectivity index is 1.84. The van der Waals surface area contributed by atoms with Crippen LogP contribution in [0.2, 0.25) is 0 Å². The fraction of sp³-hybridized carbons (Fsp3) is 0.320. The third-order valence-corrected chi connectivity index (χ3v) is 7.68. The van der Waals surface area contributed by atoms with Gasteiger partial charge in [-0.2, -0.15) is 16.8 Å². The number of fused-ring (bicyclic) bond motifs is 1. The van der Waals surface area contributed by atoms with Crippen LogP contribution in [-0.4, -0.2) is 51.8 Å². The topological polar surface area (TPSA) is 160 Å². The molecule has 1 aliphatic heterocycles. The van der Waals surface area contributed by atoms with Gasteiger partial charge in [-0.15, -0.1) is 0 Å². The van der Waals surface area contributed by atoms with E-state index in [1.54, 1.807) is 19.9 Å². The van der Waals surface area contributed by atoms with Gasteiger partial charge in [-0.1, -0.05) is 30.3 Å². The highest BCUT2D eigenvalue weighted by Crippen LogP contribution is 2.28. The molecule has 1 unspecified atom stereocenters. The Bertz CT molecular complexity index is 1710. The van der Waals surface area contributed by atoms with Crippen molar-refractivity contribution in [1.29, 1.82) is 0 Å². The molecule has 40 heavy (non-hydrogen) atoms. The lowest BCUT2D eigenvalue weighted by Crippen LogP contribution is -2.36. The van der Waals surface area contributed by atoms with Crippen LogP contribution in [0, 0.1) is 12.7 Å². The van der Waals surface area contributed by atoms with Crippen LogP contribution < -0.4 is 15.1 Å². The van der Waals surface area contributed by atoms with Crippen molar-refractivity contribution in [2.75, 3.05) is 19.5 Å². The van der Waals surface area contributed by atoms with Crippen molar-refractivity contribution in [2.24, 2.45) is 0 Å². The molecule has 0 saturated heterocycles. The first kappa shape index (κ1) is 29.3. The number of aryl methyl sites for hydroxylation is 1. The summed E-state index contributed by atoms with van der Waals surface area (Å²) in [5, 5.41) is 2.51. The smallest absolute Gasteiger partial charge is 0.339 e. The number of aromatic nitrogens is 2. The van der Waals surface area contributed by atoms with Crippen LogP contribution in [0.15, 0.2) is 58.2 Å². The quantitative estimate of drug-likeness (QED) is 0.382. The number of rotatable bonds is 8. The van der Waals surface area contributed by atoms with Gasteiger partial charge in [-0.25, -0.2) is 9.37 Å². The van der Waals surface area contributed by atoms with Gasteiger partial charge >= 0.3 is 10.1 Å². The average Bonchev–Trinajstić information content (AvgIpc) is 3.03. The molecule has 1 aliphatic rings. The first-order valence-corrected chi connectivity index (χ1v) is 15.1. The van der Waals surface area contributed by atoms with Gasteiger partial charge in [0, 0.05) is 6.54 Å². The average molecular weight is 596 g/mol. The summed E-state index contributed by atoms with van der Waals surface area (Å²) in [4.78, 5) is 31.0. The molecule has 4 rings (SSSR count). The summed E-state index contributed by atoms with van der Waals surface area (Å²) in [5.41, 5.74) is -0.933. The molecule has 15 heteroatoms. The predicted octanol–water partition coefficient (Wildman–Crippen LogP) is 2.00. The molecule has 0 spiro atoms. The molecule has 1 amide bonds. The summed E-state index contributed by atoms with van der Waals surface area (Å²) < 4.78 is 80.4. The monoisotopic (exact) mass is 595 g/mol. The van der Waals surface area contributed by atoms with Crippen LogP contribution in [0.5, 0.6) is 5.75 Å². The molecule has 0 fully saturated rings. The lowest BCUT2D eigenvalue weighted by atomic mass is 10.1. The number of benzene rings is 2.